The zero-order valence-corrected chi connectivity index (χ0v) is 13.0. The molecule has 6 heteroatoms. The topological polar surface area (TPSA) is 74.5 Å². The Bertz CT molecular complexity index is 856. The van der Waals surface area contributed by atoms with Gasteiger partial charge in [0.25, 0.3) is 0 Å². The van der Waals surface area contributed by atoms with Crippen LogP contribution in [-0.4, -0.2) is 28.8 Å². The average Bonchev–Trinajstić information content (AvgIpc) is 2.82. The van der Waals surface area contributed by atoms with E-state index in [2.05, 4.69) is 21.8 Å². The van der Waals surface area contributed by atoms with E-state index in [0.717, 1.165) is 16.5 Å². The maximum atomic E-state index is 11.9. The predicted octanol–water partition coefficient (Wildman–Crippen LogP) is 2.41. The number of hydrogen-bond acceptors (Lipinski definition) is 3. The molecule has 1 aromatic carbocycles. The molecule has 0 spiro atoms. The summed E-state index contributed by atoms with van der Waals surface area (Å²) in [5, 5.41) is 1.44. The van der Waals surface area contributed by atoms with E-state index in [-0.39, 0.29) is 24.3 Å². The second kappa shape index (κ2) is 5.39. The predicted molar refractivity (Wildman–Crippen MR) is 87.6 cm³/mol. The fraction of sp³-hybridized carbons (Fsp3) is 0.250. The number of nitrogens with zero attached hydrogens (tertiary/aromatic N) is 2. The molecule has 0 radical (unpaired) electrons. The van der Waals surface area contributed by atoms with Crippen molar-refractivity contribution in [1.82, 2.24) is 9.88 Å². The maximum absolute atomic E-state index is 11.9. The highest BCUT2D eigenvalue weighted by molar-refractivity contribution is 6.36. The van der Waals surface area contributed by atoms with Crippen LogP contribution in [0.5, 0.6) is 0 Å². The Balaban J connectivity index is 2.10. The molecule has 1 aromatic heterocycles. The van der Waals surface area contributed by atoms with Crippen LogP contribution in [-0.2, 0) is 4.79 Å². The van der Waals surface area contributed by atoms with Gasteiger partial charge < -0.3 is 10.7 Å². The van der Waals surface area contributed by atoms with Gasteiger partial charge in [0.2, 0.25) is 5.91 Å². The Labute approximate surface area is 133 Å². The standard InChI is InChI=1S/C16H15ClN4O/c1-3-4-9-5-6-11-10(7-9)14(17)15(19-11)12-8-13(22)21(2)16(18)20-12/h5-7,12,19H,8H2,1-2H3,(H2,18,20)/t12-/m0/s1. The van der Waals surface area contributed by atoms with Gasteiger partial charge in [0.05, 0.1) is 17.1 Å². The number of guanidine groups is 1. The lowest BCUT2D eigenvalue weighted by atomic mass is 10.1. The molecule has 0 saturated carbocycles. The Hall–Kier alpha value is -2.45. The summed E-state index contributed by atoms with van der Waals surface area (Å²) in [6.45, 7) is 1.79. The zero-order chi connectivity index (χ0) is 15.9. The number of amides is 1. The SMILES string of the molecule is CC#Cc1ccc2[nH]c([C@@H]3CC(=O)N(C)C(N)=N3)c(Cl)c2c1. The Morgan fingerprint density at radius 1 is 1.50 bits per heavy atom. The van der Waals surface area contributed by atoms with Crippen LogP contribution < -0.4 is 5.73 Å². The molecule has 2 aromatic rings. The van der Waals surface area contributed by atoms with Crippen LogP contribution in [0.3, 0.4) is 0 Å². The summed E-state index contributed by atoms with van der Waals surface area (Å²) >= 11 is 6.48. The number of benzene rings is 1. The summed E-state index contributed by atoms with van der Waals surface area (Å²) in [7, 11) is 1.61. The first-order valence-corrected chi connectivity index (χ1v) is 7.22. The van der Waals surface area contributed by atoms with Crippen molar-refractivity contribution in [3.63, 3.8) is 0 Å². The number of aromatic nitrogens is 1. The van der Waals surface area contributed by atoms with Crippen LogP contribution in [0.2, 0.25) is 5.02 Å². The normalized spacial score (nSPS) is 18.1. The van der Waals surface area contributed by atoms with Gasteiger partial charge in [-0.25, -0.2) is 4.99 Å². The molecule has 2 heterocycles. The number of nitrogens with two attached hydrogens (primary N) is 1. The minimum Gasteiger partial charge on any atom is -0.369 e. The molecule has 5 nitrogen and oxygen atoms in total. The van der Waals surface area contributed by atoms with Gasteiger partial charge in [0, 0.05) is 23.5 Å². The van der Waals surface area contributed by atoms with E-state index in [1.807, 2.05) is 18.2 Å². The van der Waals surface area contributed by atoms with Crippen molar-refractivity contribution in [2.75, 3.05) is 7.05 Å². The average molecular weight is 315 g/mol. The van der Waals surface area contributed by atoms with E-state index in [0.29, 0.717) is 10.7 Å². The lowest BCUT2D eigenvalue weighted by Gasteiger charge is -2.25. The van der Waals surface area contributed by atoms with Crippen molar-refractivity contribution in [2.45, 2.75) is 19.4 Å². The number of aromatic amines is 1. The van der Waals surface area contributed by atoms with Crippen LogP contribution in [0.1, 0.15) is 30.6 Å². The van der Waals surface area contributed by atoms with Crippen molar-refractivity contribution in [3.8, 4) is 11.8 Å². The molecule has 22 heavy (non-hydrogen) atoms. The van der Waals surface area contributed by atoms with Crippen molar-refractivity contribution in [2.24, 2.45) is 10.7 Å². The molecule has 0 bridgehead atoms. The molecule has 112 valence electrons. The smallest absolute Gasteiger partial charge is 0.231 e. The van der Waals surface area contributed by atoms with Gasteiger partial charge in [0.15, 0.2) is 5.96 Å². The van der Waals surface area contributed by atoms with Crippen molar-refractivity contribution in [1.29, 1.82) is 0 Å². The van der Waals surface area contributed by atoms with Crippen LogP contribution in [0.15, 0.2) is 23.2 Å². The van der Waals surface area contributed by atoms with Gasteiger partial charge in [-0.2, -0.15) is 0 Å². The van der Waals surface area contributed by atoms with Crippen molar-refractivity contribution >= 4 is 34.4 Å². The third kappa shape index (κ3) is 2.32. The van der Waals surface area contributed by atoms with Crippen molar-refractivity contribution < 1.29 is 4.79 Å². The van der Waals surface area contributed by atoms with Crippen LogP contribution in [0.25, 0.3) is 10.9 Å². The molecule has 1 aliphatic heterocycles. The lowest BCUT2D eigenvalue weighted by Crippen LogP contribution is -2.42. The Morgan fingerprint density at radius 2 is 2.27 bits per heavy atom. The monoisotopic (exact) mass is 314 g/mol. The first-order valence-electron chi connectivity index (χ1n) is 6.85. The van der Waals surface area contributed by atoms with Gasteiger partial charge >= 0.3 is 0 Å². The van der Waals surface area contributed by atoms with E-state index < -0.39 is 0 Å². The number of carbonyl (C=O) groups is 1. The first kappa shape index (κ1) is 14.5. The second-order valence-corrected chi connectivity index (χ2v) is 5.53. The maximum Gasteiger partial charge on any atom is 0.231 e. The molecule has 0 saturated heterocycles. The summed E-state index contributed by atoms with van der Waals surface area (Å²) in [6.07, 6.45) is 0.241. The van der Waals surface area contributed by atoms with E-state index >= 15 is 0 Å². The highest BCUT2D eigenvalue weighted by Gasteiger charge is 2.28. The Morgan fingerprint density at radius 3 is 2.95 bits per heavy atom. The number of halogens is 1. The molecule has 3 rings (SSSR count). The molecule has 0 unspecified atom stereocenters. The number of aliphatic imine (C=N–C) groups is 1. The third-order valence-electron chi connectivity index (χ3n) is 3.74. The quantitative estimate of drug-likeness (QED) is 0.793. The fourth-order valence-electron chi connectivity index (χ4n) is 2.52. The molecule has 1 aliphatic rings. The number of nitrogens with one attached hydrogen (secondary N) is 1. The first-order chi connectivity index (χ1) is 10.5. The highest BCUT2D eigenvalue weighted by atomic mass is 35.5. The zero-order valence-electron chi connectivity index (χ0n) is 12.3. The number of rotatable bonds is 1. The van der Waals surface area contributed by atoms with Gasteiger partial charge in [-0.3, -0.25) is 9.69 Å². The fourth-order valence-corrected chi connectivity index (χ4v) is 2.85. The lowest BCUT2D eigenvalue weighted by molar-refractivity contribution is -0.127. The van der Waals surface area contributed by atoms with E-state index in [1.165, 1.54) is 4.90 Å². The van der Waals surface area contributed by atoms with Gasteiger partial charge in [-0.1, -0.05) is 17.5 Å². The minimum atomic E-state index is -0.385. The molecule has 1 amide bonds. The molecule has 0 fully saturated rings. The molecular formula is C16H15ClN4O. The number of fused-ring (bicyclic) bond motifs is 1. The number of carbonyl (C=O) groups excluding carboxylic acids is 1. The molecular weight excluding hydrogens is 300 g/mol. The minimum absolute atomic E-state index is 0.0789. The molecule has 3 N–H and O–H groups in total. The third-order valence-corrected chi connectivity index (χ3v) is 4.15. The number of hydrogen-bond donors (Lipinski definition) is 2. The van der Waals surface area contributed by atoms with Gasteiger partial charge in [-0.05, 0) is 25.1 Å². The van der Waals surface area contributed by atoms with E-state index in [4.69, 9.17) is 17.3 Å². The largest absolute Gasteiger partial charge is 0.369 e. The summed E-state index contributed by atoms with van der Waals surface area (Å²) in [5.41, 5.74) is 8.28. The second-order valence-electron chi connectivity index (χ2n) is 5.15. The van der Waals surface area contributed by atoms with Gasteiger partial charge in [-0.15, -0.1) is 5.92 Å². The van der Waals surface area contributed by atoms with E-state index in [9.17, 15) is 4.79 Å². The summed E-state index contributed by atoms with van der Waals surface area (Å²) in [5.74, 6) is 5.99. The summed E-state index contributed by atoms with van der Waals surface area (Å²) in [6, 6.07) is 5.39. The van der Waals surface area contributed by atoms with E-state index in [1.54, 1.807) is 14.0 Å². The van der Waals surface area contributed by atoms with Crippen molar-refractivity contribution in [3.05, 3.63) is 34.5 Å². The van der Waals surface area contributed by atoms with Crippen LogP contribution >= 0.6 is 11.6 Å². The Kier molecular flexibility index (Phi) is 3.55. The van der Waals surface area contributed by atoms with Crippen LogP contribution in [0, 0.1) is 11.8 Å². The van der Waals surface area contributed by atoms with Gasteiger partial charge in [0.1, 0.15) is 6.04 Å². The summed E-state index contributed by atoms with van der Waals surface area (Å²) < 4.78 is 0. The molecule has 0 aliphatic carbocycles. The summed E-state index contributed by atoms with van der Waals surface area (Å²) in [4.78, 5) is 20.9. The number of H-pyrrole nitrogens is 1. The van der Waals surface area contributed by atoms with Crippen LogP contribution in [0.4, 0.5) is 0 Å². The highest BCUT2D eigenvalue weighted by Crippen LogP contribution is 2.36. The molecule has 1 atom stereocenters.